The van der Waals surface area contributed by atoms with Crippen LogP contribution in [0.15, 0.2) is 43.1 Å². The summed E-state index contributed by atoms with van der Waals surface area (Å²) in [6.45, 7) is 9.27. The van der Waals surface area contributed by atoms with Gasteiger partial charge in [0.15, 0.2) is 0 Å². The number of aromatic amines is 1. The number of nitrogens with one attached hydrogen (secondary N) is 1. The molecule has 1 amide bonds. The fourth-order valence-corrected chi connectivity index (χ4v) is 5.36. The van der Waals surface area contributed by atoms with Crippen molar-refractivity contribution < 1.29 is 14.3 Å². The van der Waals surface area contributed by atoms with E-state index in [0.717, 1.165) is 50.7 Å². The molecular formula is C27H27ClN6O3. The Morgan fingerprint density at radius 3 is 2.81 bits per heavy atom. The second-order valence-corrected chi connectivity index (χ2v) is 9.79. The number of halogens is 1. The molecule has 6 rings (SSSR count). The number of rotatable bonds is 5. The van der Waals surface area contributed by atoms with Crippen LogP contribution in [0.25, 0.3) is 32.9 Å². The zero-order chi connectivity index (χ0) is 25.5. The van der Waals surface area contributed by atoms with Gasteiger partial charge < -0.3 is 19.3 Å². The van der Waals surface area contributed by atoms with Crippen LogP contribution >= 0.6 is 11.6 Å². The van der Waals surface area contributed by atoms with Crippen molar-refractivity contribution in [3.63, 3.8) is 0 Å². The Morgan fingerprint density at radius 1 is 1.22 bits per heavy atom. The van der Waals surface area contributed by atoms with E-state index in [1.165, 1.54) is 6.08 Å². The molecule has 0 bridgehead atoms. The molecule has 10 heteroatoms. The number of piperazine rings is 1. The molecule has 2 fully saturated rings. The number of anilines is 1. The summed E-state index contributed by atoms with van der Waals surface area (Å²) in [4.78, 5) is 25.7. The molecule has 0 spiro atoms. The second kappa shape index (κ2) is 9.64. The van der Waals surface area contributed by atoms with Gasteiger partial charge in [-0.3, -0.25) is 9.89 Å². The Labute approximate surface area is 219 Å². The molecular weight excluding hydrogens is 492 g/mol. The fourth-order valence-electron chi connectivity index (χ4n) is 5.10. The first-order valence-electron chi connectivity index (χ1n) is 12.4. The number of fused-ring (bicyclic) bond motifs is 2. The van der Waals surface area contributed by atoms with Crippen molar-refractivity contribution in [1.82, 2.24) is 25.1 Å². The molecule has 2 aliphatic rings. The average molecular weight is 519 g/mol. The Kier molecular flexibility index (Phi) is 6.18. The van der Waals surface area contributed by atoms with Crippen molar-refractivity contribution in [2.45, 2.75) is 19.4 Å². The van der Waals surface area contributed by atoms with Gasteiger partial charge in [0.25, 0.3) is 0 Å². The van der Waals surface area contributed by atoms with Crippen LogP contribution in [0.1, 0.15) is 12.0 Å². The lowest BCUT2D eigenvalue weighted by Gasteiger charge is -2.35. The summed E-state index contributed by atoms with van der Waals surface area (Å²) >= 11 is 6.93. The predicted molar refractivity (Wildman–Crippen MR) is 143 cm³/mol. The monoisotopic (exact) mass is 518 g/mol. The summed E-state index contributed by atoms with van der Waals surface area (Å²) in [7, 11) is 0. The smallest absolute Gasteiger partial charge is 0.319 e. The molecule has 190 valence electrons. The van der Waals surface area contributed by atoms with Crippen molar-refractivity contribution >= 4 is 45.1 Å². The number of amides is 1. The van der Waals surface area contributed by atoms with Crippen LogP contribution in [0.4, 0.5) is 5.82 Å². The van der Waals surface area contributed by atoms with Gasteiger partial charge in [0.2, 0.25) is 5.91 Å². The molecule has 0 radical (unpaired) electrons. The Morgan fingerprint density at radius 2 is 2.05 bits per heavy atom. The van der Waals surface area contributed by atoms with Gasteiger partial charge in [-0.1, -0.05) is 24.2 Å². The lowest BCUT2D eigenvalue weighted by Crippen LogP contribution is -2.48. The highest BCUT2D eigenvalue weighted by atomic mass is 35.5. The molecule has 2 aromatic carbocycles. The van der Waals surface area contributed by atoms with Crippen molar-refractivity contribution in [2.75, 3.05) is 44.3 Å². The van der Waals surface area contributed by atoms with E-state index in [2.05, 4.69) is 34.7 Å². The Hall–Kier alpha value is -3.69. The maximum atomic E-state index is 12.1. The largest absolute Gasteiger partial charge is 0.458 e. The minimum absolute atomic E-state index is 0.0612. The summed E-state index contributed by atoms with van der Waals surface area (Å²) in [5, 5.41) is 9.70. The molecule has 1 atom stereocenters. The first-order chi connectivity index (χ1) is 18.0. The van der Waals surface area contributed by atoms with Crippen LogP contribution in [-0.4, -0.2) is 76.5 Å². The molecule has 2 aromatic heterocycles. The third kappa shape index (κ3) is 4.38. The van der Waals surface area contributed by atoms with Crippen LogP contribution in [-0.2, 0) is 9.53 Å². The third-order valence-corrected chi connectivity index (χ3v) is 7.38. The van der Waals surface area contributed by atoms with E-state index in [9.17, 15) is 4.79 Å². The minimum atomic E-state index is -0.0824. The van der Waals surface area contributed by atoms with Gasteiger partial charge in [-0.15, -0.1) is 0 Å². The maximum absolute atomic E-state index is 12.1. The third-order valence-electron chi connectivity index (χ3n) is 7.07. The van der Waals surface area contributed by atoms with Gasteiger partial charge in [0.05, 0.1) is 30.4 Å². The summed E-state index contributed by atoms with van der Waals surface area (Å²) in [5.74, 6) is 0.685. The molecule has 9 nitrogen and oxygen atoms in total. The normalized spacial score (nSPS) is 18.1. The van der Waals surface area contributed by atoms with E-state index in [0.29, 0.717) is 50.4 Å². The first-order valence-corrected chi connectivity index (χ1v) is 12.7. The summed E-state index contributed by atoms with van der Waals surface area (Å²) in [5.41, 5.74) is 4.66. The van der Waals surface area contributed by atoms with Gasteiger partial charge in [0.1, 0.15) is 11.9 Å². The molecule has 4 heterocycles. The maximum Gasteiger partial charge on any atom is 0.319 e. The van der Waals surface area contributed by atoms with Crippen molar-refractivity contribution in [3.8, 4) is 17.1 Å². The van der Waals surface area contributed by atoms with Gasteiger partial charge in [-0.25, -0.2) is 0 Å². The number of carbonyl (C=O) groups excluding carboxylic acids is 1. The lowest BCUT2D eigenvalue weighted by molar-refractivity contribution is -0.126. The van der Waals surface area contributed by atoms with Gasteiger partial charge in [-0.05, 0) is 42.3 Å². The highest BCUT2D eigenvalue weighted by molar-refractivity contribution is 6.35. The van der Waals surface area contributed by atoms with Crippen molar-refractivity contribution in [3.05, 3.63) is 53.7 Å². The number of carbonyl (C=O) groups is 1. The fraction of sp³-hybridized carbons (Fsp3) is 0.333. The summed E-state index contributed by atoms with van der Waals surface area (Å²) in [6.07, 6.45) is 3.89. The molecule has 1 N–H and O–H groups in total. The van der Waals surface area contributed by atoms with Crippen LogP contribution in [0.3, 0.4) is 0 Å². The van der Waals surface area contributed by atoms with Crippen LogP contribution < -0.4 is 9.64 Å². The summed E-state index contributed by atoms with van der Waals surface area (Å²) < 4.78 is 11.6. The van der Waals surface area contributed by atoms with Crippen molar-refractivity contribution in [1.29, 1.82) is 0 Å². The molecule has 2 saturated heterocycles. The topological polar surface area (TPSA) is 96.5 Å². The number of aromatic nitrogens is 4. The number of H-pyrrole nitrogens is 1. The summed E-state index contributed by atoms with van der Waals surface area (Å²) in [6, 6.07) is 8.33. The van der Waals surface area contributed by atoms with E-state index >= 15 is 0 Å². The van der Waals surface area contributed by atoms with E-state index < -0.39 is 0 Å². The van der Waals surface area contributed by atoms with Crippen LogP contribution in [0.2, 0.25) is 5.02 Å². The lowest BCUT2D eigenvalue weighted by atomic mass is 9.96. The van der Waals surface area contributed by atoms with Crippen LogP contribution in [0.5, 0.6) is 6.01 Å². The Bertz CT molecular complexity index is 1510. The van der Waals surface area contributed by atoms with Gasteiger partial charge >= 0.3 is 6.01 Å². The average Bonchev–Trinajstić information content (AvgIpc) is 3.60. The molecule has 37 heavy (non-hydrogen) atoms. The molecule has 1 unspecified atom stereocenters. The minimum Gasteiger partial charge on any atom is -0.458 e. The van der Waals surface area contributed by atoms with Crippen LogP contribution in [0, 0.1) is 6.92 Å². The number of benzene rings is 2. The molecule has 0 aliphatic carbocycles. The number of hydrogen-bond donors (Lipinski definition) is 1. The van der Waals surface area contributed by atoms with Crippen molar-refractivity contribution in [2.24, 2.45) is 0 Å². The number of nitrogens with zero attached hydrogens (tertiary/aromatic N) is 5. The number of ether oxygens (including phenoxy) is 2. The molecule has 0 saturated carbocycles. The van der Waals surface area contributed by atoms with E-state index in [-0.39, 0.29) is 12.0 Å². The van der Waals surface area contributed by atoms with E-state index in [1.54, 1.807) is 4.90 Å². The van der Waals surface area contributed by atoms with Gasteiger partial charge in [0, 0.05) is 54.0 Å². The first kappa shape index (κ1) is 23.7. The van der Waals surface area contributed by atoms with E-state index in [4.69, 9.17) is 31.0 Å². The Balaban J connectivity index is 1.46. The highest BCUT2D eigenvalue weighted by Crippen LogP contribution is 2.40. The predicted octanol–water partition coefficient (Wildman–Crippen LogP) is 4.14. The molecule has 4 aromatic rings. The number of aryl methyl sites for hydroxylation is 1. The zero-order valence-corrected chi connectivity index (χ0v) is 21.3. The SMILES string of the molecule is C=CC(=O)N1CCN(c2nc(OC3CCOC3)nc3cc(-c4c(C)ccc5[nH]ncc45)c(Cl)cc23)CC1. The highest BCUT2D eigenvalue weighted by Gasteiger charge is 2.26. The molecule has 2 aliphatic heterocycles. The van der Waals surface area contributed by atoms with E-state index in [1.807, 2.05) is 24.4 Å². The standard InChI is InChI=1S/C27H27ClN6O3/c1-3-24(35)33-7-9-34(10-8-33)26-19-12-21(28)18(25-16(2)4-5-22-20(25)14-29-32-22)13-23(19)30-27(31-26)37-17-6-11-36-15-17/h3-5,12-14,17H,1,6-11,15H2,2H3,(H,29,32). The number of hydrogen-bond acceptors (Lipinski definition) is 7. The quantitative estimate of drug-likeness (QED) is 0.397. The second-order valence-electron chi connectivity index (χ2n) is 9.39. The zero-order valence-electron chi connectivity index (χ0n) is 20.5. The van der Waals surface area contributed by atoms with Gasteiger partial charge in [-0.2, -0.15) is 15.1 Å².